The van der Waals surface area contributed by atoms with E-state index in [1.165, 1.54) is 11.8 Å². The van der Waals surface area contributed by atoms with Crippen molar-refractivity contribution in [3.8, 4) is 0 Å². The highest BCUT2D eigenvalue weighted by atomic mass is 16.2. The van der Waals surface area contributed by atoms with E-state index in [2.05, 4.69) is 17.6 Å². The molecule has 0 aromatic rings. The molecule has 7 nitrogen and oxygen atoms in total. The first-order chi connectivity index (χ1) is 11.8. The number of carbonyl (C=O) groups excluding carboxylic acids is 4. The molecule has 0 rings (SSSR count). The van der Waals surface area contributed by atoms with Gasteiger partial charge in [0.25, 0.3) is 5.91 Å². The van der Waals surface area contributed by atoms with E-state index in [1.54, 1.807) is 6.92 Å². The van der Waals surface area contributed by atoms with E-state index < -0.39 is 11.7 Å². The molecule has 144 valence electrons. The Balaban J connectivity index is 4.10. The maximum Gasteiger partial charge on any atom is 0.287 e. The van der Waals surface area contributed by atoms with Crippen LogP contribution in [0.3, 0.4) is 0 Å². The zero-order valence-electron chi connectivity index (χ0n) is 16.0. The van der Waals surface area contributed by atoms with Crippen molar-refractivity contribution in [3.63, 3.8) is 0 Å². The quantitative estimate of drug-likeness (QED) is 0.386. The van der Waals surface area contributed by atoms with E-state index in [4.69, 9.17) is 0 Å². The molecule has 0 aromatic carbocycles. The first kappa shape index (κ1) is 23.1. The van der Waals surface area contributed by atoms with Crippen molar-refractivity contribution < 1.29 is 19.2 Å². The summed E-state index contributed by atoms with van der Waals surface area (Å²) < 4.78 is 0. The van der Waals surface area contributed by atoms with Crippen LogP contribution in [0.4, 0.5) is 0 Å². The molecule has 0 saturated carbocycles. The van der Waals surface area contributed by atoms with Gasteiger partial charge in [0.1, 0.15) is 0 Å². The van der Waals surface area contributed by atoms with Crippen molar-refractivity contribution >= 4 is 23.5 Å². The number of rotatable bonds is 13. The third-order valence-corrected chi connectivity index (χ3v) is 3.80. The van der Waals surface area contributed by atoms with Crippen LogP contribution in [0.15, 0.2) is 0 Å². The molecule has 0 aliphatic rings. The Morgan fingerprint density at radius 3 is 2.28 bits per heavy atom. The minimum atomic E-state index is -0.555. The Hall–Kier alpha value is -1.92. The summed E-state index contributed by atoms with van der Waals surface area (Å²) in [5.74, 6) is -1.42. The van der Waals surface area contributed by atoms with Gasteiger partial charge in [-0.3, -0.25) is 19.2 Å². The summed E-state index contributed by atoms with van der Waals surface area (Å²) >= 11 is 0. The minimum absolute atomic E-state index is 0.0133. The molecule has 0 bridgehead atoms. The molecule has 0 saturated heterocycles. The number of amides is 3. The van der Waals surface area contributed by atoms with Crippen molar-refractivity contribution in [3.05, 3.63) is 0 Å². The summed E-state index contributed by atoms with van der Waals surface area (Å²) in [4.78, 5) is 48.3. The van der Waals surface area contributed by atoms with Crippen LogP contribution in [-0.2, 0) is 19.2 Å². The predicted molar refractivity (Wildman–Crippen MR) is 96.9 cm³/mol. The van der Waals surface area contributed by atoms with Gasteiger partial charge < -0.3 is 15.5 Å². The molecule has 0 aromatic heterocycles. The molecule has 0 fully saturated rings. The van der Waals surface area contributed by atoms with Crippen LogP contribution in [0.25, 0.3) is 0 Å². The van der Waals surface area contributed by atoms with Crippen LogP contribution in [0.5, 0.6) is 0 Å². The lowest BCUT2D eigenvalue weighted by Gasteiger charge is -2.21. The van der Waals surface area contributed by atoms with Gasteiger partial charge in [-0.25, -0.2) is 0 Å². The maximum atomic E-state index is 12.0. The number of nitrogens with one attached hydrogen (secondary N) is 2. The molecule has 0 aliphatic heterocycles. The molecular weight excluding hydrogens is 322 g/mol. The van der Waals surface area contributed by atoms with Gasteiger partial charge in [-0.2, -0.15) is 0 Å². The van der Waals surface area contributed by atoms with Crippen LogP contribution in [0.1, 0.15) is 66.2 Å². The van der Waals surface area contributed by atoms with Gasteiger partial charge in [-0.15, -0.1) is 0 Å². The smallest absolute Gasteiger partial charge is 0.287 e. The van der Waals surface area contributed by atoms with E-state index in [0.29, 0.717) is 19.5 Å². The fraction of sp³-hybridized carbons (Fsp3) is 0.778. The van der Waals surface area contributed by atoms with E-state index in [0.717, 1.165) is 25.7 Å². The minimum Gasteiger partial charge on any atom is -0.352 e. The molecule has 25 heavy (non-hydrogen) atoms. The Bertz CT molecular complexity index is 452. The molecule has 0 heterocycles. The van der Waals surface area contributed by atoms with Gasteiger partial charge >= 0.3 is 0 Å². The number of hydrogen-bond donors (Lipinski definition) is 2. The molecule has 0 aliphatic carbocycles. The second-order valence-electron chi connectivity index (χ2n) is 6.33. The predicted octanol–water partition coefficient (Wildman–Crippen LogP) is 1.41. The van der Waals surface area contributed by atoms with Crippen molar-refractivity contribution in [2.75, 3.05) is 19.6 Å². The molecule has 7 heteroatoms. The standard InChI is InChI=1S/C18H33N3O4/c1-5-7-8-11-19-18(25)16(23)10-9-14(3)20-17(24)13-21(12-6-2)15(4)22/h14H,5-13H2,1-4H3,(H,19,25)(H,20,24)/t14-/m1/s1. The Morgan fingerprint density at radius 2 is 1.72 bits per heavy atom. The summed E-state index contributed by atoms with van der Waals surface area (Å²) in [6.07, 6.45) is 4.21. The second-order valence-corrected chi connectivity index (χ2v) is 6.33. The zero-order chi connectivity index (χ0) is 19.2. The highest BCUT2D eigenvalue weighted by molar-refractivity contribution is 6.36. The number of Topliss-reactive ketones (excluding diaryl/α,β-unsaturated/α-hetero) is 1. The van der Waals surface area contributed by atoms with E-state index in [9.17, 15) is 19.2 Å². The zero-order valence-corrected chi connectivity index (χ0v) is 16.0. The maximum absolute atomic E-state index is 12.0. The molecule has 1 atom stereocenters. The topological polar surface area (TPSA) is 95.6 Å². The van der Waals surface area contributed by atoms with Gasteiger partial charge in [0.15, 0.2) is 0 Å². The molecular formula is C18H33N3O4. The Morgan fingerprint density at radius 1 is 1.04 bits per heavy atom. The number of nitrogens with zero attached hydrogens (tertiary/aromatic N) is 1. The Labute approximate surface area is 150 Å². The van der Waals surface area contributed by atoms with Gasteiger partial charge in [0.2, 0.25) is 17.6 Å². The van der Waals surface area contributed by atoms with Crippen LogP contribution in [-0.4, -0.2) is 54.1 Å². The molecule has 2 N–H and O–H groups in total. The molecule has 0 unspecified atom stereocenters. The highest BCUT2D eigenvalue weighted by Gasteiger charge is 2.17. The first-order valence-electron chi connectivity index (χ1n) is 9.17. The van der Waals surface area contributed by atoms with Crippen LogP contribution < -0.4 is 10.6 Å². The van der Waals surface area contributed by atoms with Gasteiger partial charge in [-0.1, -0.05) is 26.7 Å². The van der Waals surface area contributed by atoms with E-state index >= 15 is 0 Å². The van der Waals surface area contributed by atoms with Gasteiger partial charge in [0.05, 0.1) is 6.54 Å². The third kappa shape index (κ3) is 11.3. The van der Waals surface area contributed by atoms with Gasteiger partial charge in [-0.05, 0) is 26.2 Å². The monoisotopic (exact) mass is 355 g/mol. The van der Waals surface area contributed by atoms with Gasteiger partial charge in [0, 0.05) is 32.5 Å². The van der Waals surface area contributed by atoms with Crippen molar-refractivity contribution in [1.29, 1.82) is 0 Å². The Kier molecular flexibility index (Phi) is 12.4. The summed E-state index contributed by atoms with van der Waals surface area (Å²) in [5, 5.41) is 5.38. The van der Waals surface area contributed by atoms with Crippen molar-refractivity contribution in [1.82, 2.24) is 15.5 Å². The summed E-state index contributed by atoms with van der Waals surface area (Å²) in [5.41, 5.74) is 0. The largest absolute Gasteiger partial charge is 0.352 e. The fourth-order valence-corrected chi connectivity index (χ4v) is 2.32. The number of hydrogen-bond acceptors (Lipinski definition) is 4. The van der Waals surface area contributed by atoms with Crippen LogP contribution in [0, 0.1) is 0 Å². The summed E-state index contributed by atoms with van der Waals surface area (Å²) in [7, 11) is 0. The highest BCUT2D eigenvalue weighted by Crippen LogP contribution is 2.00. The third-order valence-electron chi connectivity index (χ3n) is 3.80. The first-order valence-corrected chi connectivity index (χ1v) is 9.17. The lowest BCUT2D eigenvalue weighted by molar-refractivity contribution is -0.138. The molecule has 0 spiro atoms. The molecule has 3 amide bonds. The van der Waals surface area contributed by atoms with E-state index in [1.807, 2.05) is 6.92 Å². The van der Waals surface area contributed by atoms with Crippen LogP contribution in [0.2, 0.25) is 0 Å². The normalized spacial score (nSPS) is 11.5. The van der Waals surface area contributed by atoms with Crippen molar-refractivity contribution in [2.45, 2.75) is 72.3 Å². The number of carbonyl (C=O) groups is 4. The second kappa shape index (κ2) is 13.4. The SMILES string of the molecule is CCCCCNC(=O)C(=O)CC[C@@H](C)NC(=O)CN(CCC)C(C)=O. The average molecular weight is 355 g/mol. The lowest BCUT2D eigenvalue weighted by atomic mass is 10.1. The number of ketones is 1. The van der Waals surface area contributed by atoms with Crippen LogP contribution >= 0.6 is 0 Å². The lowest BCUT2D eigenvalue weighted by Crippen LogP contribution is -2.43. The van der Waals surface area contributed by atoms with Crippen molar-refractivity contribution in [2.24, 2.45) is 0 Å². The van der Waals surface area contributed by atoms with E-state index in [-0.39, 0.29) is 30.8 Å². The fourth-order valence-electron chi connectivity index (χ4n) is 2.32. The molecule has 0 radical (unpaired) electrons. The summed E-state index contributed by atoms with van der Waals surface area (Å²) in [6.45, 7) is 8.29. The average Bonchev–Trinajstić information content (AvgIpc) is 2.55. The summed E-state index contributed by atoms with van der Waals surface area (Å²) in [6, 6.07) is -0.236. The number of unbranched alkanes of at least 4 members (excludes halogenated alkanes) is 2.